The number of nitrogens with two attached hydrogens (primary N) is 1. The number of amides is 1. The first kappa shape index (κ1) is 14.9. The summed E-state index contributed by atoms with van der Waals surface area (Å²) in [4.78, 5) is 14.3. The van der Waals surface area contributed by atoms with Crippen LogP contribution >= 0.6 is 0 Å². The molecule has 1 aromatic carbocycles. The van der Waals surface area contributed by atoms with E-state index < -0.39 is 0 Å². The third-order valence-corrected chi connectivity index (χ3v) is 3.76. The Labute approximate surface area is 121 Å². The first-order valence-electron chi connectivity index (χ1n) is 7.57. The second kappa shape index (κ2) is 7.90. The van der Waals surface area contributed by atoms with Crippen LogP contribution in [-0.4, -0.2) is 37.0 Å². The monoisotopic (exact) mass is 275 g/mol. The van der Waals surface area contributed by atoms with Crippen molar-refractivity contribution in [1.82, 2.24) is 10.2 Å². The summed E-state index contributed by atoms with van der Waals surface area (Å²) < 4.78 is 0. The van der Waals surface area contributed by atoms with E-state index in [9.17, 15) is 4.79 Å². The number of nitrogens with one attached hydrogen (secondary N) is 1. The Morgan fingerprint density at radius 3 is 2.65 bits per heavy atom. The summed E-state index contributed by atoms with van der Waals surface area (Å²) in [6, 6.07) is 7.51. The van der Waals surface area contributed by atoms with Gasteiger partial charge in [0.15, 0.2) is 0 Å². The second-order valence-corrected chi connectivity index (χ2v) is 5.53. The van der Waals surface area contributed by atoms with Crippen molar-refractivity contribution in [2.45, 2.75) is 32.1 Å². The van der Waals surface area contributed by atoms with E-state index in [2.05, 4.69) is 10.2 Å². The maximum Gasteiger partial charge on any atom is 0.224 e. The molecule has 1 aliphatic heterocycles. The molecule has 0 atom stereocenters. The predicted molar refractivity (Wildman–Crippen MR) is 82.5 cm³/mol. The van der Waals surface area contributed by atoms with E-state index in [0.717, 1.165) is 18.7 Å². The van der Waals surface area contributed by atoms with Crippen LogP contribution in [0.5, 0.6) is 0 Å². The van der Waals surface area contributed by atoms with Gasteiger partial charge in [-0.15, -0.1) is 0 Å². The van der Waals surface area contributed by atoms with Crippen LogP contribution < -0.4 is 11.1 Å². The van der Waals surface area contributed by atoms with Crippen LogP contribution in [0.1, 0.15) is 31.2 Å². The van der Waals surface area contributed by atoms with Crippen molar-refractivity contribution in [1.29, 1.82) is 0 Å². The molecule has 1 aliphatic rings. The maximum atomic E-state index is 11.9. The maximum absolute atomic E-state index is 11.9. The normalized spacial score (nSPS) is 16.6. The first-order chi connectivity index (χ1) is 9.74. The standard InChI is InChI=1S/C16H25N3O/c17-15-7-5-6-14(12-15)13-16(20)18-8-11-19-9-3-1-2-4-10-19/h5-7,12H,1-4,8-11,13,17H2,(H,18,20). The molecule has 110 valence electrons. The van der Waals surface area contributed by atoms with Crippen molar-refractivity contribution in [3.05, 3.63) is 29.8 Å². The number of nitrogen functional groups attached to an aromatic ring is 1. The van der Waals surface area contributed by atoms with Gasteiger partial charge in [0.25, 0.3) is 0 Å². The van der Waals surface area contributed by atoms with Gasteiger partial charge in [-0.3, -0.25) is 4.79 Å². The molecule has 1 fully saturated rings. The Morgan fingerprint density at radius 1 is 1.20 bits per heavy atom. The van der Waals surface area contributed by atoms with Crippen molar-refractivity contribution in [2.75, 3.05) is 31.9 Å². The summed E-state index contributed by atoms with van der Waals surface area (Å²) in [6.07, 6.45) is 5.68. The number of carbonyl (C=O) groups excluding carboxylic acids is 1. The van der Waals surface area contributed by atoms with Crippen LogP contribution in [0, 0.1) is 0 Å². The molecule has 0 radical (unpaired) electrons. The molecule has 0 saturated carbocycles. The van der Waals surface area contributed by atoms with Gasteiger partial charge in [0.05, 0.1) is 6.42 Å². The molecular formula is C16H25N3O. The highest BCUT2D eigenvalue weighted by atomic mass is 16.1. The first-order valence-corrected chi connectivity index (χ1v) is 7.57. The lowest BCUT2D eigenvalue weighted by Crippen LogP contribution is -2.36. The number of hydrogen-bond acceptors (Lipinski definition) is 3. The van der Waals surface area contributed by atoms with Crippen molar-refractivity contribution < 1.29 is 4.79 Å². The summed E-state index contributed by atoms with van der Waals surface area (Å²) in [5.74, 6) is 0.0745. The second-order valence-electron chi connectivity index (χ2n) is 5.53. The lowest BCUT2D eigenvalue weighted by atomic mass is 10.1. The zero-order valence-corrected chi connectivity index (χ0v) is 12.1. The zero-order chi connectivity index (χ0) is 14.2. The molecule has 2 rings (SSSR count). The van der Waals surface area contributed by atoms with Crippen molar-refractivity contribution in [2.24, 2.45) is 0 Å². The van der Waals surface area contributed by atoms with E-state index in [-0.39, 0.29) is 5.91 Å². The number of anilines is 1. The number of likely N-dealkylation sites (tertiary alicyclic amines) is 1. The van der Waals surface area contributed by atoms with E-state index in [1.807, 2.05) is 24.3 Å². The van der Waals surface area contributed by atoms with Gasteiger partial charge >= 0.3 is 0 Å². The third-order valence-electron chi connectivity index (χ3n) is 3.76. The topological polar surface area (TPSA) is 58.4 Å². The van der Waals surface area contributed by atoms with E-state index in [0.29, 0.717) is 12.1 Å². The van der Waals surface area contributed by atoms with Crippen molar-refractivity contribution in [3.63, 3.8) is 0 Å². The minimum absolute atomic E-state index is 0.0745. The van der Waals surface area contributed by atoms with Crippen LogP contribution in [-0.2, 0) is 11.2 Å². The van der Waals surface area contributed by atoms with E-state index in [1.54, 1.807) is 0 Å². The van der Waals surface area contributed by atoms with Crippen LogP contribution in [0.4, 0.5) is 5.69 Å². The van der Waals surface area contributed by atoms with Gasteiger partial charge in [0.1, 0.15) is 0 Å². The van der Waals surface area contributed by atoms with Gasteiger partial charge in [0.2, 0.25) is 5.91 Å². The minimum atomic E-state index is 0.0745. The summed E-state index contributed by atoms with van der Waals surface area (Å²) in [5.41, 5.74) is 7.39. The molecule has 0 aliphatic carbocycles. The zero-order valence-electron chi connectivity index (χ0n) is 12.1. The molecule has 4 nitrogen and oxygen atoms in total. The number of rotatable bonds is 5. The van der Waals surface area contributed by atoms with Crippen LogP contribution in [0.3, 0.4) is 0 Å². The molecule has 3 N–H and O–H groups in total. The molecule has 4 heteroatoms. The largest absolute Gasteiger partial charge is 0.399 e. The SMILES string of the molecule is Nc1cccc(CC(=O)NCCN2CCCCCC2)c1. The van der Waals surface area contributed by atoms with Crippen LogP contribution in [0.15, 0.2) is 24.3 Å². The van der Waals surface area contributed by atoms with Gasteiger partial charge in [-0.1, -0.05) is 25.0 Å². The van der Waals surface area contributed by atoms with Gasteiger partial charge in [-0.05, 0) is 43.6 Å². The minimum Gasteiger partial charge on any atom is -0.399 e. The Hall–Kier alpha value is -1.55. The molecule has 0 spiro atoms. The molecule has 20 heavy (non-hydrogen) atoms. The fourth-order valence-corrected chi connectivity index (χ4v) is 2.66. The average Bonchev–Trinajstić information content (AvgIpc) is 2.67. The Morgan fingerprint density at radius 2 is 1.95 bits per heavy atom. The fraction of sp³-hybridized carbons (Fsp3) is 0.562. The van der Waals surface area contributed by atoms with Crippen LogP contribution in [0.25, 0.3) is 0 Å². The number of benzene rings is 1. The molecule has 0 unspecified atom stereocenters. The summed E-state index contributed by atoms with van der Waals surface area (Å²) >= 11 is 0. The van der Waals surface area contributed by atoms with Gasteiger partial charge < -0.3 is 16.0 Å². The number of hydrogen-bond donors (Lipinski definition) is 2. The van der Waals surface area contributed by atoms with Crippen LogP contribution in [0.2, 0.25) is 0 Å². The summed E-state index contributed by atoms with van der Waals surface area (Å²) in [5, 5.41) is 3.00. The van der Waals surface area contributed by atoms with Crippen molar-refractivity contribution in [3.8, 4) is 0 Å². The number of carbonyl (C=O) groups is 1. The molecule has 0 aromatic heterocycles. The summed E-state index contributed by atoms with van der Waals surface area (Å²) in [6.45, 7) is 4.04. The van der Waals surface area contributed by atoms with Gasteiger partial charge in [-0.2, -0.15) is 0 Å². The highest BCUT2D eigenvalue weighted by molar-refractivity contribution is 5.78. The number of nitrogens with zero attached hydrogens (tertiary/aromatic N) is 1. The van der Waals surface area contributed by atoms with Crippen molar-refractivity contribution >= 4 is 11.6 Å². The van der Waals surface area contributed by atoms with Gasteiger partial charge in [0, 0.05) is 18.8 Å². The van der Waals surface area contributed by atoms with E-state index in [4.69, 9.17) is 5.73 Å². The Bertz CT molecular complexity index is 425. The van der Waals surface area contributed by atoms with Gasteiger partial charge in [-0.25, -0.2) is 0 Å². The predicted octanol–water partition coefficient (Wildman–Crippen LogP) is 1.80. The molecular weight excluding hydrogens is 250 g/mol. The highest BCUT2D eigenvalue weighted by Gasteiger charge is 2.09. The molecule has 0 bridgehead atoms. The highest BCUT2D eigenvalue weighted by Crippen LogP contribution is 2.09. The molecule has 1 aromatic rings. The summed E-state index contributed by atoms with van der Waals surface area (Å²) in [7, 11) is 0. The van der Waals surface area contributed by atoms with E-state index in [1.165, 1.54) is 38.8 Å². The third kappa shape index (κ3) is 5.21. The Balaban J connectivity index is 1.67. The Kier molecular flexibility index (Phi) is 5.87. The lowest BCUT2D eigenvalue weighted by Gasteiger charge is -2.19. The average molecular weight is 275 g/mol. The van der Waals surface area contributed by atoms with E-state index >= 15 is 0 Å². The lowest BCUT2D eigenvalue weighted by molar-refractivity contribution is -0.120. The fourth-order valence-electron chi connectivity index (χ4n) is 2.66. The molecule has 1 heterocycles. The smallest absolute Gasteiger partial charge is 0.224 e. The molecule has 1 amide bonds. The molecule has 1 saturated heterocycles. The quantitative estimate of drug-likeness (QED) is 0.806.